The number of hydrogen-bond donors (Lipinski definition) is 3. The monoisotopic (exact) mass is 355 g/mol. The van der Waals surface area contributed by atoms with Crippen molar-refractivity contribution in [3.63, 3.8) is 0 Å². The third-order valence-corrected chi connectivity index (χ3v) is 3.80. The number of aromatic nitrogens is 3. The average Bonchev–Trinajstić information content (AvgIpc) is 3.07. The Hall–Kier alpha value is -3.13. The highest BCUT2D eigenvalue weighted by atomic mass is 16.5. The van der Waals surface area contributed by atoms with Crippen LogP contribution in [0.3, 0.4) is 0 Å². The molecular formula is C18H21N5O3. The van der Waals surface area contributed by atoms with Gasteiger partial charge in [0.25, 0.3) is 0 Å². The van der Waals surface area contributed by atoms with Gasteiger partial charge in [-0.05, 0) is 43.1 Å². The molecule has 0 fully saturated rings. The smallest absolute Gasteiger partial charge is 0.322 e. The van der Waals surface area contributed by atoms with Gasteiger partial charge in [0.05, 0.1) is 12.8 Å². The quantitative estimate of drug-likeness (QED) is 0.503. The Bertz CT molecular complexity index is 893. The second-order valence-corrected chi connectivity index (χ2v) is 5.76. The number of rotatable bonds is 9. The molecule has 0 unspecified atom stereocenters. The summed E-state index contributed by atoms with van der Waals surface area (Å²) in [4.78, 5) is 15.2. The molecule has 0 saturated carbocycles. The Morgan fingerprint density at radius 1 is 1.31 bits per heavy atom. The van der Waals surface area contributed by atoms with Crippen LogP contribution in [0.1, 0.15) is 12.8 Å². The van der Waals surface area contributed by atoms with Gasteiger partial charge in [0.15, 0.2) is 5.65 Å². The third-order valence-electron chi connectivity index (χ3n) is 3.80. The number of carboxylic acid groups (broad SMARTS) is 1. The van der Waals surface area contributed by atoms with Crippen molar-refractivity contribution < 1.29 is 14.6 Å². The van der Waals surface area contributed by atoms with E-state index >= 15 is 0 Å². The Morgan fingerprint density at radius 3 is 3.00 bits per heavy atom. The maximum absolute atomic E-state index is 10.7. The molecule has 0 bridgehead atoms. The molecule has 26 heavy (non-hydrogen) atoms. The maximum Gasteiger partial charge on any atom is 0.322 e. The zero-order valence-electron chi connectivity index (χ0n) is 14.3. The number of carbonyl (C=O) groups is 1. The van der Waals surface area contributed by atoms with Crippen molar-refractivity contribution in [3.8, 4) is 16.9 Å². The number of nitrogens with two attached hydrogens (primary N) is 1. The van der Waals surface area contributed by atoms with Crippen LogP contribution in [0.4, 0.5) is 5.82 Å². The molecule has 2 aromatic heterocycles. The topological polar surface area (TPSA) is 115 Å². The second-order valence-electron chi connectivity index (χ2n) is 5.76. The van der Waals surface area contributed by atoms with Gasteiger partial charge in [-0.25, -0.2) is 9.50 Å². The Morgan fingerprint density at radius 2 is 2.19 bits per heavy atom. The Kier molecular flexibility index (Phi) is 5.65. The van der Waals surface area contributed by atoms with Crippen molar-refractivity contribution >= 4 is 17.4 Å². The lowest BCUT2D eigenvalue weighted by Crippen LogP contribution is -2.13. The fourth-order valence-electron chi connectivity index (χ4n) is 2.53. The van der Waals surface area contributed by atoms with Crippen molar-refractivity contribution in [2.45, 2.75) is 12.8 Å². The van der Waals surface area contributed by atoms with Crippen LogP contribution in [-0.4, -0.2) is 45.4 Å². The molecule has 8 heteroatoms. The highest BCUT2D eigenvalue weighted by Gasteiger charge is 2.10. The molecule has 3 rings (SSSR count). The number of unbranched alkanes of at least 4 members (excludes halogenated alkanes) is 1. The number of anilines is 1. The van der Waals surface area contributed by atoms with Gasteiger partial charge >= 0.3 is 5.97 Å². The van der Waals surface area contributed by atoms with Crippen molar-refractivity contribution in [2.24, 2.45) is 5.73 Å². The lowest BCUT2D eigenvalue weighted by Gasteiger charge is -2.08. The summed E-state index contributed by atoms with van der Waals surface area (Å²) in [6, 6.07) is 9.42. The summed E-state index contributed by atoms with van der Waals surface area (Å²) in [5.41, 5.74) is 7.90. The molecule has 8 nitrogen and oxygen atoms in total. The van der Waals surface area contributed by atoms with Crippen LogP contribution in [0.25, 0.3) is 16.8 Å². The molecule has 0 aliphatic heterocycles. The summed E-state index contributed by atoms with van der Waals surface area (Å²) in [6.07, 6.45) is 5.32. The van der Waals surface area contributed by atoms with Gasteiger partial charge in [0.2, 0.25) is 0 Å². The fourth-order valence-corrected chi connectivity index (χ4v) is 2.53. The third kappa shape index (κ3) is 4.28. The minimum atomic E-state index is -0.945. The Labute approximate surface area is 150 Å². The number of nitrogens with one attached hydrogen (secondary N) is 1. The van der Waals surface area contributed by atoms with Crippen LogP contribution in [-0.2, 0) is 4.79 Å². The fraction of sp³-hybridized carbons (Fsp3) is 0.278. The predicted molar refractivity (Wildman–Crippen MR) is 98.3 cm³/mol. The van der Waals surface area contributed by atoms with E-state index in [0.717, 1.165) is 29.7 Å². The van der Waals surface area contributed by atoms with E-state index in [2.05, 4.69) is 15.4 Å². The molecule has 4 N–H and O–H groups in total. The molecule has 1 aromatic carbocycles. The molecule has 2 heterocycles. The molecule has 0 spiro atoms. The standard InChI is InChI=1S/C18H21N5O3/c19-7-1-2-9-26-14-5-3-4-13(10-14)15-11-21-23-8-6-16(22-18(15)23)20-12-17(24)25/h3-6,8,10-11H,1-2,7,9,12,19H2,(H,20,22)(H,24,25). The minimum absolute atomic E-state index is 0.196. The van der Waals surface area contributed by atoms with Crippen LogP contribution in [0.2, 0.25) is 0 Å². The summed E-state index contributed by atoms with van der Waals surface area (Å²) in [7, 11) is 0. The predicted octanol–water partition coefficient (Wildman–Crippen LogP) is 2.01. The van der Waals surface area contributed by atoms with Gasteiger partial charge < -0.3 is 20.9 Å². The Balaban J connectivity index is 1.83. The first-order valence-corrected chi connectivity index (χ1v) is 8.41. The SMILES string of the molecule is NCCCCOc1cccc(-c2cnn3ccc(NCC(=O)O)nc23)c1. The van der Waals surface area contributed by atoms with E-state index in [9.17, 15) is 4.79 Å². The van der Waals surface area contributed by atoms with Gasteiger partial charge in [-0.3, -0.25) is 4.79 Å². The van der Waals surface area contributed by atoms with Crippen molar-refractivity contribution in [2.75, 3.05) is 25.0 Å². The van der Waals surface area contributed by atoms with Gasteiger partial charge in [-0.15, -0.1) is 0 Å². The summed E-state index contributed by atoms with van der Waals surface area (Å²) in [5.74, 6) is 0.315. The average molecular weight is 355 g/mol. The highest BCUT2D eigenvalue weighted by Crippen LogP contribution is 2.27. The second kappa shape index (κ2) is 8.30. The lowest BCUT2D eigenvalue weighted by molar-refractivity contribution is -0.134. The van der Waals surface area contributed by atoms with Gasteiger partial charge in [0, 0.05) is 11.8 Å². The van der Waals surface area contributed by atoms with Crippen molar-refractivity contribution in [3.05, 3.63) is 42.7 Å². The van der Waals surface area contributed by atoms with Gasteiger partial charge in [-0.1, -0.05) is 12.1 Å². The first kappa shape index (κ1) is 17.7. The summed E-state index contributed by atoms with van der Waals surface area (Å²) >= 11 is 0. The van der Waals surface area contributed by atoms with E-state index in [1.165, 1.54) is 0 Å². The first-order chi connectivity index (χ1) is 12.7. The van der Waals surface area contributed by atoms with E-state index < -0.39 is 5.97 Å². The number of fused-ring (bicyclic) bond motifs is 1. The molecule has 0 atom stereocenters. The number of benzene rings is 1. The van der Waals surface area contributed by atoms with Gasteiger partial charge in [0.1, 0.15) is 18.1 Å². The number of nitrogens with zero attached hydrogens (tertiary/aromatic N) is 3. The van der Waals surface area contributed by atoms with Crippen LogP contribution < -0.4 is 15.8 Å². The molecule has 0 amide bonds. The number of hydrogen-bond acceptors (Lipinski definition) is 6. The van der Waals surface area contributed by atoms with Crippen molar-refractivity contribution in [1.82, 2.24) is 14.6 Å². The lowest BCUT2D eigenvalue weighted by atomic mass is 10.1. The van der Waals surface area contributed by atoms with E-state index in [1.54, 1.807) is 23.0 Å². The van der Waals surface area contributed by atoms with E-state index in [1.807, 2.05) is 24.3 Å². The molecule has 0 saturated heterocycles. The zero-order chi connectivity index (χ0) is 18.4. The number of ether oxygens (including phenoxy) is 1. The van der Waals surface area contributed by atoms with Crippen LogP contribution in [0, 0.1) is 0 Å². The van der Waals surface area contributed by atoms with E-state index in [0.29, 0.717) is 24.6 Å². The van der Waals surface area contributed by atoms with Crippen molar-refractivity contribution in [1.29, 1.82) is 0 Å². The van der Waals surface area contributed by atoms with E-state index in [4.69, 9.17) is 15.6 Å². The molecule has 3 aromatic rings. The first-order valence-electron chi connectivity index (χ1n) is 8.41. The highest BCUT2D eigenvalue weighted by molar-refractivity contribution is 5.79. The largest absolute Gasteiger partial charge is 0.494 e. The minimum Gasteiger partial charge on any atom is -0.494 e. The maximum atomic E-state index is 10.7. The molecular weight excluding hydrogens is 334 g/mol. The summed E-state index contributed by atoms with van der Waals surface area (Å²) < 4.78 is 7.42. The summed E-state index contributed by atoms with van der Waals surface area (Å²) in [5, 5.41) is 15.9. The zero-order valence-corrected chi connectivity index (χ0v) is 14.3. The van der Waals surface area contributed by atoms with E-state index in [-0.39, 0.29) is 6.54 Å². The molecule has 0 aliphatic carbocycles. The molecule has 0 radical (unpaired) electrons. The number of aliphatic carboxylic acids is 1. The van der Waals surface area contributed by atoms with Crippen LogP contribution >= 0.6 is 0 Å². The molecule has 0 aliphatic rings. The van der Waals surface area contributed by atoms with Crippen LogP contribution in [0.5, 0.6) is 5.75 Å². The van der Waals surface area contributed by atoms with Crippen LogP contribution in [0.15, 0.2) is 42.7 Å². The normalized spacial score (nSPS) is 10.8. The van der Waals surface area contributed by atoms with Gasteiger partial charge in [-0.2, -0.15) is 5.10 Å². The summed E-state index contributed by atoms with van der Waals surface area (Å²) in [6.45, 7) is 1.09. The molecule has 136 valence electrons. The number of carboxylic acids is 1.